The topological polar surface area (TPSA) is 172 Å². The van der Waals surface area contributed by atoms with Gasteiger partial charge < -0.3 is 25.3 Å². The van der Waals surface area contributed by atoms with E-state index in [-0.39, 0.29) is 55.8 Å². The zero-order valence-electron chi connectivity index (χ0n) is 19.5. The van der Waals surface area contributed by atoms with Crippen molar-refractivity contribution in [2.45, 2.75) is 50.9 Å². The van der Waals surface area contributed by atoms with Crippen molar-refractivity contribution < 1.29 is 56.7 Å². The molecule has 0 saturated heterocycles. The van der Waals surface area contributed by atoms with E-state index in [0.29, 0.717) is 37.6 Å². The van der Waals surface area contributed by atoms with Crippen molar-refractivity contribution in [3.8, 4) is 0 Å². The molecule has 1 aromatic rings. The first kappa shape index (κ1) is 30.5. The first-order valence-electron chi connectivity index (χ1n) is 11.1. The Morgan fingerprint density at radius 2 is 1.20 bits per heavy atom. The molecular weight excluding hydrogens is 503 g/mol. The molecule has 13 heteroatoms. The zero-order valence-corrected chi connectivity index (χ0v) is 20.7. The molecule has 0 aliphatic carbocycles. The Morgan fingerprint density at radius 3 is 1.54 bits per heavy atom. The van der Waals surface area contributed by atoms with Gasteiger partial charge in [0.05, 0.1) is 11.4 Å². The van der Waals surface area contributed by atoms with Gasteiger partial charge in [0.1, 0.15) is 12.1 Å². The minimum atomic E-state index is -1.10. The summed E-state index contributed by atoms with van der Waals surface area (Å²) >= 11 is 0. The molecule has 1 aliphatic rings. The minimum Gasteiger partial charge on any atom is -0.481 e. The summed E-state index contributed by atoms with van der Waals surface area (Å²) in [5.41, 5.74) is 1.17. The average molecular weight is 535 g/mol. The predicted molar refractivity (Wildman–Crippen MR) is 119 cm³/mol. The molecule has 1 aromatic heterocycles. The van der Waals surface area contributed by atoms with Crippen LogP contribution in [-0.4, -0.2) is 109 Å². The van der Waals surface area contributed by atoms with Crippen molar-refractivity contribution >= 4 is 23.9 Å². The minimum absolute atomic E-state index is 0. The number of hydrogen-bond acceptors (Lipinski definition) is 8. The Labute approximate surface area is 214 Å². The summed E-state index contributed by atoms with van der Waals surface area (Å²) in [7, 11) is 1.83. The molecule has 1 radical (unpaired) electrons. The van der Waals surface area contributed by atoms with E-state index in [1.54, 1.807) is 28.0 Å². The standard InChI is InChI=1S/C22H32N4O8.Mn/c1-24-9-11-25(17(21(31)32)5-7-19(27)28)13-15-3-2-4-16(23-15)14-26(12-10-24)18(22(33)34)6-8-20(29)30;/h2-4,17-18H,5-14H2,1H3,(H,27,28)(H,29,30)(H,31,32)(H,33,34);/t17-,18-;/m0./s1. The van der Waals surface area contributed by atoms with Gasteiger partial charge in [-0.05, 0) is 32.0 Å². The maximum Gasteiger partial charge on any atom is 0.320 e. The fourth-order valence-electron chi connectivity index (χ4n) is 3.97. The van der Waals surface area contributed by atoms with Crippen LogP contribution < -0.4 is 0 Å². The first-order chi connectivity index (χ1) is 16.1. The largest absolute Gasteiger partial charge is 0.481 e. The molecule has 1 aliphatic heterocycles. The number of aliphatic carboxylic acids is 4. The summed E-state index contributed by atoms with van der Waals surface area (Å²) in [6.07, 6.45) is -0.602. The number of pyridine rings is 1. The monoisotopic (exact) mass is 535 g/mol. The number of carboxylic acids is 4. The van der Waals surface area contributed by atoms with Crippen LogP contribution in [0.5, 0.6) is 0 Å². The number of fused-ring (bicyclic) bond motifs is 2. The molecule has 0 aromatic carbocycles. The molecule has 0 saturated carbocycles. The predicted octanol–water partition coefficient (Wildman–Crippen LogP) is 0.265. The van der Waals surface area contributed by atoms with Crippen LogP contribution in [0.2, 0.25) is 0 Å². The van der Waals surface area contributed by atoms with E-state index in [4.69, 9.17) is 10.2 Å². The molecule has 35 heavy (non-hydrogen) atoms. The molecule has 0 amide bonds. The smallest absolute Gasteiger partial charge is 0.320 e. The van der Waals surface area contributed by atoms with Gasteiger partial charge in [0, 0.05) is 69.2 Å². The maximum absolute atomic E-state index is 11.9. The van der Waals surface area contributed by atoms with Gasteiger partial charge in [0.15, 0.2) is 0 Å². The van der Waals surface area contributed by atoms with Gasteiger partial charge in [-0.2, -0.15) is 0 Å². The van der Waals surface area contributed by atoms with E-state index in [1.165, 1.54) is 0 Å². The zero-order chi connectivity index (χ0) is 25.3. The summed E-state index contributed by atoms with van der Waals surface area (Å²) in [6.45, 7) is 2.02. The van der Waals surface area contributed by atoms with Crippen LogP contribution >= 0.6 is 0 Å². The summed E-state index contributed by atoms with van der Waals surface area (Å²) in [4.78, 5) is 55.8. The van der Waals surface area contributed by atoms with Gasteiger partial charge in [-0.3, -0.25) is 34.0 Å². The van der Waals surface area contributed by atoms with Crippen LogP contribution in [0.3, 0.4) is 0 Å². The van der Waals surface area contributed by atoms with E-state index in [9.17, 15) is 29.4 Å². The fraction of sp³-hybridized carbons (Fsp3) is 0.591. The molecular formula is C22H32MnN4O8. The van der Waals surface area contributed by atoms with Crippen molar-refractivity contribution in [3.05, 3.63) is 29.6 Å². The Bertz CT molecular complexity index is 822. The number of nitrogens with zero attached hydrogens (tertiary/aromatic N) is 4. The molecule has 2 rings (SSSR count). The van der Waals surface area contributed by atoms with E-state index < -0.39 is 36.0 Å². The van der Waals surface area contributed by atoms with Gasteiger partial charge in [0.2, 0.25) is 0 Å². The Hall–Kier alpha value is -2.57. The molecule has 0 fully saturated rings. The van der Waals surface area contributed by atoms with Crippen LogP contribution in [0.1, 0.15) is 37.1 Å². The van der Waals surface area contributed by atoms with Crippen LogP contribution in [0, 0.1) is 0 Å². The van der Waals surface area contributed by atoms with Crippen LogP contribution in [0.15, 0.2) is 18.2 Å². The second kappa shape index (κ2) is 14.7. The van der Waals surface area contributed by atoms with E-state index in [0.717, 1.165) is 0 Å². The number of rotatable bonds is 10. The van der Waals surface area contributed by atoms with Gasteiger partial charge in [0.25, 0.3) is 0 Å². The number of likely N-dealkylation sites (N-methyl/N-ethyl adjacent to an activating group) is 1. The SMILES string of the molecule is CN1CCN([C@@H](CCC(=O)O)C(=O)O)Cc2cccc(n2)CN([C@@H](CCC(=O)O)C(=O)O)CC1.[Mn]. The van der Waals surface area contributed by atoms with E-state index >= 15 is 0 Å². The van der Waals surface area contributed by atoms with E-state index in [2.05, 4.69) is 4.98 Å². The first-order valence-corrected chi connectivity index (χ1v) is 11.1. The second-order valence-electron chi connectivity index (χ2n) is 8.44. The molecule has 2 bridgehead atoms. The van der Waals surface area contributed by atoms with Crippen LogP contribution in [0.25, 0.3) is 0 Å². The Kier molecular flexibility index (Phi) is 12.8. The van der Waals surface area contributed by atoms with Gasteiger partial charge in [-0.15, -0.1) is 0 Å². The molecule has 4 N–H and O–H groups in total. The maximum atomic E-state index is 11.9. The van der Waals surface area contributed by atoms with Crippen molar-refractivity contribution in [2.24, 2.45) is 0 Å². The van der Waals surface area contributed by atoms with Crippen molar-refractivity contribution in [2.75, 3.05) is 33.2 Å². The summed E-state index contributed by atoms with van der Waals surface area (Å²) < 4.78 is 0. The third kappa shape index (κ3) is 10.3. The van der Waals surface area contributed by atoms with Gasteiger partial charge >= 0.3 is 23.9 Å². The van der Waals surface area contributed by atoms with Crippen LogP contribution in [-0.2, 0) is 49.3 Å². The Balaban J connectivity index is 0.00000612. The summed E-state index contributed by atoms with van der Waals surface area (Å²) in [5.74, 6) is -4.32. The van der Waals surface area contributed by atoms with Crippen molar-refractivity contribution in [1.29, 1.82) is 0 Å². The van der Waals surface area contributed by atoms with E-state index in [1.807, 2.05) is 11.9 Å². The molecule has 0 spiro atoms. The summed E-state index contributed by atoms with van der Waals surface area (Å²) in [6, 6.07) is 3.27. The third-order valence-corrected chi connectivity index (χ3v) is 5.85. The molecule has 2 heterocycles. The molecule has 2 atom stereocenters. The number of aromatic nitrogens is 1. The van der Waals surface area contributed by atoms with Gasteiger partial charge in [-0.1, -0.05) is 6.07 Å². The molecule has 195 valence electrons. The molecule has 12 nitrogen and oxygen atoms in total. The third-order valence-electron chi connectivity index (χ3n) is 5.85. The summed E-state index contributed by atoms with van der Waals surface area (Å²) in [5, 5.41) is 37.5. The quantitative estimate of drug-likeness (QED) is 0.302. The number of carbonyl (C=O) groups is 4. The van der Waals surface area contributed by atoms with Gasteiger partial charge in [-0.25, -0.2) is 0 Å². The second-order valence-corrected chi connectivity index (χ2v) is 8.44. The normalized spacial score (nSPS) is 17.7. The van der Waals surface area contributed by atoms with Crippen molar-refractivity contribution in [3.63, 3.8) is 0 Å². The molecule has 0 unspecified atom stereocenters. The van der Waals surface area contributed by atoms with Crippen LogP contribution in [0.4, 0.5) is 0 Å². The number of hydrogen-bond donors (Lipinski definition) is 4. The van der Waals surface area contributed by atoms with Crippen molar-refractivity contribution in [1.82, 2.24) is 19.7 Å². The Morgan fingerprint density at radius 1 is 0.800 bits per heavy atom. The fourth-order valence-corrected chi connectivity index (χ4v) is 3.97. The average Bonchev–Trinajstić information content (AvgIpc) is 2.74. The number of carboxylic acid groups (broad SMARTS) is 4.